The quantitative estimate of drug-likeness (QED) is 0.355. The molecule has 0 bridgehead atoms. The Morgan fingerprint density at radius 2 is 1.53 bits per heavy atom. The highest BCUT2D eigenvalue weighted by Crippen LogP contribution is 2.46. The number of para-hydroxylation sites is 1. The van der Waals surface area contributed by atoms with Gasteiger partial charge in [-0.2, -0.15) is 0 Å². The van der Waals surface area contributed by atoms with Crippen LogP contribution in [-0.4, -0.2) is 12.3 Å². The van der Waals surface area contributed by atoms with Crippen molar-refractivity contribution in [1.29, 1.82) is 0 Å². The normalized spacial score (nSPS) is 22.3. The summed E-state index contributed by atoms with van der Waals surface area (Å²) in [4.78, 5) is 2.48. The predicted octanol–water partition coefficient (Wildman–Crippen LogP) is 7.23. The molecule has 0 radical (unpaired) electrons. The van der Waals surface area contributed by atoms with Gasteiger partial charge in [-0.15, -0.1) is 0 Å². The summed E-state index contributed by atoms with van der Waals surface area (Å²) in [6, 6.07) is 23.5. The van der Waals surface area contributed by atoms with E-state index in [1.807, 2.05) is 12.1 Å². The Kier molecular flexibility index (Phi) is 4.41. The van der Waals surface area contributed by atoms with Gasteiger partial charge in [0, 0.05) is 21.9 Å². The van der Waals surface area contributed by atoms with Crippen molar-refractivity contribution in [3.05, 3.63) is 77.9 Å². The Balaban J connectivity index is 1.67. The van der Waals surface area contributed by atoms with E-state index in [9.17, 15) is 0 Å². The van der Waals surface area contributed by atoms with Crippen molar-refractivity contribution < 1.29 is 9.15 Å². The van der Waals surface area contributed by atoms with Crippen LogP contribution in [0.3, 0.4) is 0 Å². The van der Waals surface area contributed by atoms with Crippen molar-refractivity contribution in [2.75, 3.05) is 4.90 Å². The number of aryl methyl sites for hydroxylation is 1. The lowest BCUT2D eigenvalue weighted by Gasteiger charge is -2.37. The highest BCUT2D eigenvalue weighted by Gasteiger charge is 2.46. The number of benzene rings is 3. The number of nitrogens with zero attached hydrogens (tertiary/aromatic N) is 1. The Morgan fingerprint density at radius 3 is 2.27 bits per heavy atom. The predicted molar refractivity (Wildman–Crippen MR) is 124 cm³/mol. The highest BCUT2D eigenvalue weighted by atomic mass is 16.5. The van der Waals surface area contributed by atoms with Gasteiger partial charge in [-0.3, -0.25) is 0 Å². The third kappa shape index (κ3) is 3.00. The van der Waals surface area contributed by atoms with Crippen LogP contribution in [0.2, 0.25) is 0 Å². The fourth-order valence-corrected chi connectivity index (χ4v) is 4.78. The van der Waals surface area contributed by atoms with E-state index in [4.69, 9.17) is 9.15 Å². The molecule has 4 aromatic rings. The molecule has 1 aliphatic heterocycles. The first-order chi connectivity index (χ1) is 14.3. The zero-order valence-electron chi connectivity index (χ0n) is 18.3. The van der Waals surface area contributed by atoms with Gasteiger partial charge in [-0.1, -0.05) is 69.3 Å². The molecule has 0 N–H and O–H groups in total. The molecule has 1 saturated heterocycles. The summed E-state index contributed by atoms with van der Waals surface area (Å²) in [5, 5.41) is 2.32. The maximum absolute atomic E-state index is 6.73. The minimum absolute atomic E-state index is 0.0213. The average Bonchev–Trinajstić information content (AvgIpc) is 3.25. The van der Waals surface area contributed by atoms with Crippen LogP contribution in [-0.2, 0) is 4.74 Å². The molecule has 1 fully saturated rings. The van der Waals surface area contributed by atoms with E-state index in [2.05, 4.69) is 94.1 Å². The average molecular weight is 400 g/mol. The summed E-state index contributed by atoms with van der Waals surface area (Å²) in [6.45, 7) is 11.2. The first kappa shape index (κ1) is 19.2. The van der Waals surface area contributed by atoms with Gasteiger partial charge in [0.2, 0.25) is 0 Å². The van der Waals surface area contributed by atoms with Gasteiger partial charge in [-0.05, 0) is 43.2 Å². The second kappa shape index (κ2) is 6.88. The molecular weight excluding hydrogens is 370 g/mol. The van der Waals surface area contributed by atoms with Crippen LogP contribution in [0.15, 0.2) is 71.1 Å². The van der Waals surface area contributed by atoms with E-state index >= 15 is 0 Å². The van der Waals surface area contributed by atoms with Crippen molar-refractivity contribution >= 4 is 27.6 Å². The largest absolute Gasteiger partial charge is 0.456 e. The zero-order valence-corrected chi connectivity index (χ0v) is 18.3. The standard InChI is InChI=1S/C27H29NO2/c1-17-15-24-21(20-13-9-10-14-23(20)29-24)16-22(17)28-18(2)25(19-11-7-6-8-12-19)30-26(28)27(3,4)5/h6-16,18,25-26H,1-5H3/t18-,25?,26?/m0/s1. The third-order valence-corrected chi connectivity index (χ3v) is 6.25. The fourth-order valence-electron chi connectivity index (χ4n) is 4.78. The minimum Gasteiger partial charge on any atom is -0.456 e. The summed E-state index contributed by atoms with van der Waals surface area (Å²) in [5.41, 5.74) is 5.51. The van der Waals surface area contributed by atoms with Gasteiger partial charge in [0.05, 0.1) is 6.04 Å². The van der Waals surface area contributed by atoms with E-state index in [1.165, 1.54) is 16.8 Å². The number of ether oxygens (including phenoxy) is 1. The number of furan rings is 1. The lowest BCUT2D eigenvalue weighted by molar-refractivity contribution is -0.0171. The van der Waals surface area contributed by atoms with Crippen LogP contribution < -0.4 is 4.90 Å². The van der Waals surface area contributed by atoms with E-state index in [0.29, 0.717) is 0 Å². The Morgan fingerprint density at radius 1 is 0.833 bits per heavy atom. The minimum atomic E-state index is -0.0301. The van der Waals surface area contributed by atoms with Crippen molar-refractivity contribution in [2.24, 2.45) is 5.41 Å². The van der Waals surface area contributed by atoms with Gasteiger partial charge >= 0.3 is 0 Å². The lowest BCUT2D eigenvalue weighted by atomic mass is 9.92. The molecule has 3 aromatic carbocycles. The van der Waals surface area contributed by atoms with Gasteiger partial charge in [-0.25, -0.2) is 0 Å². The number of hydrogen-bond acceptors (Lipinski definition) is 3. The van der Waals surface area contributed by atoms with E-state index in [0.717, 1.165) is 21.9 Å². The van der Waals surface area contributed by atoms with Gasteiger partial charge in [0.15, 0.2) is 0 Å². The Bertz CT molecular complexity index is 1200. The smallest absolute Gasteiger partial charge is 0.136 e. The highest BCUT2D eigenvalue weighted by molar-refractivity contribution is 6.06. The second-order valence-electron chi connectivity index (χ2n) is 9.57. The molecule has 154 valence electrons. The summed E-state index contributed by atoms with van der Waals surface area (Å²) in [5.74, 6) is 0. The van der Waals surface area contributed by atoms with Crippen LogP contribution >= 0.6 is 0 Å². The number of rotatable bonds is 2. The van der Waals surface area contributed by atoms with Crippen LogP contribution in [0, 0.1) is 12.3 Å². The molecule has 3 atom stereocenters. The number of anilines is 1. The molecule has 3 nitrogen and oxygen atoms in total. The molecule has 5 rings (SSSR count). The van der Waals surface area contributed by atoms with Crippen LogP contribution in [0.25, 0.3) is 21.9 Å². The van der Waals surface area contributed by atoms with Crippen molar-refractivity contribution in [2.45, 2.75) is 53.0 Å². The first-order valence-corrected chi connectivity index (χ1v) is 10.8. The molecule has 1 aliphatic rings. The second-order valence-corrected chi connectivity index (χ2v) is 9.57. The molecule has 2 heterocycles. The van der Waals surface area contributed by atoms with Gasteiger partial charge in [0.1, 0.15) is 23.5 Å². The van der Waals surface area contributed by atoms with Crippen LogP contribution in [0.5, 0.6) is 0 Å². The van der Waals surface area contributed by atoms with Crippen LogP contribution in [0.4, 0.5) is 5.69 Å². The fraction of sp³-hybridized carbons (Fsp3) is 0.333. The zero-order chi connectivity index (χ0) is 21.0. The lowest BCUT2D eigenvalue weighted by Crippen LogP contribution is -2.43. The van der Waals surface area contributed by atoms with Crippen molar-refractivity contribution in [1.82, 2.24) is 0 Å². The van der Waals surface area contributed by atoms with E-state index < -0.39 is 0 Å². The third-order valence-electron chi connectivity index (χ3n) is 6.25. The van der Waals surface area contributed by atoms with Gasteiger partial charge < -0.3 is 14.1 Å². The van der Waals surface area contributed by atoms with Gasteiger partial charge in [0.25, 0.3) is 0 Å². The summed E-state index contributed by atoms with van der Waals surface area (Å²) < 4.78 is 12.8. The molecule has 0 saturated carbocycles. The van der Waals surface area contributed by atoms with Crippen molar-refractivity contribution in [3.63, 3.8) is 0 Å². The molecule has 0 aliphatic carbocycles. The molecule has 0 spiro atoms. The summed E-state index contributed by atoms with van der Waals surface area (Å²) >= 11 is 0. The Hall–Kier alpha value is -2.78. The topological polar surface area (TPSA) is 25.6 Å². The molecule has 1 aromatic heterocycles. The molecule has 30 heavy (non-hydrogen) atoms. The summed E-state index contributed by atoms with van der Waals surface area (Å²) in [6.07, 6.45) is 0.0126. The molecule has 2 unspecified atom stereocenters. The van der Waals surface area contributed by atoms with Crippen molar-refractivity contribution in [3.8, 4) is 0 Å². The molecular formula is C27H29NO2. The monoisotopic (exact) mass is 399 g/mol. The SMILES string of the molecule is Cc1cc2oc3ccccc3c2cc1N1C(C(C)(C)C)OC(c2ccccc2)[C@@H]1C. The molecule has 0 amide bonds. The van der Waals surface area contributed by atoms with E-state index in [1.54, 1.807) is 0 Å². The number of fused-ring (bicyclic) bond motifs is 3. The molecule has 3 heteroatoms. The maximum Gasteiger partial charge on any atom is 0.136 e. The maximum atomic E-state index is 6.73. The van der Waals surface area contributed by atoms with E-state index in [-0.39, 0.29) is 23.8 Å². The number of hydrogen-bond donors (Lipinski definition) is 0. The van der Waals surface area contributed by atoms with Crippen LogP contribution in [0.1, 0.15) is 44.9 Å². The summed E-state index contributed by atoms with van der Waals surface area (Å²) in [7, 11) is 0. The first-order valence-electron chi connectivity index (χ1n) is 10.8. The Labute approximate surface area is 178 Å².